The number of thioether (sulfide) groups is 3. The lowest BCUT2D eigenvalue weighted by Crippen LogP contribution is -2.20. The molecule has 0 amide bonds. The minimum Gasteiger partial charge on any atom is -0.0948 e. The molecule has 0 atom stereocenters. The van der Waals surface area contributed by atoms with Gasteiger partial charge in [-0.3, -0.25) is 0 Å². The van der Waals surface area contributed by atoms with E-state index in [9.17, 15) is 0 Å². The van der Waals surface area contributed by atoms with Crippen LogP contribution in [0.4, 0.5) is 0 Å². The Morgan fingerprint density at radius 2 is 1.08 bits per heavy atom. The van der Waals surface area contributed by atoms with E-state index in [-0.39, 0.29) is 0 Å². The van der Waals surface area contributed by atoms with Gasteiger partial charge in [0.15, 0.2) is 0 Å². The molecule has 0 aromatic carbocycles. The molecule has 26 heavy (non-hydrogen) atoms. The standard InChI is InChI=1S/C18H32S8/c1-5-9-22-26(23-10-6-2,24-11-7-3,25-12-8-4)16-15-21-18(26)17-19-13-14-20-17/h13-16H,5-12H2,1-4H3. The van der Waals surface area contributed by atoms with Crippen LogP contribution in [0.3, 0.4) is 0 Å². The van der Waals surface area contributed by atoms with Crippen LogP contribution in [0.1, 0.15) is 53.4 Å². The Kier molecular flexibility index (Phi) is 9.68. The molecule has 0 saturated carbocycles. The molecule has 0 radical (unpaired) electrons. The lowest BCUT2D eigenvalue weighted by atomic mass is 10.6. The van der Waals surface area contributed by atoms with E-state index < -0.39 is 4.42 Å². The average Bonchev–Trinajstić information content (AvgIpc) is 3.30. The summed E-state index contributed by atoms with van der Waals surface area (Å²) in [5.74, 6) is 4.98. The van der Waals surface area contributed by atoms with Gasteiger partial charge in [0.05, 0.1) is 8.47 Å². The minimum absolute atomic E-state index is 1.25. The molecule has 0 unspecified atom stereocenters. The second kappa shape index (κ2) is 10.4. The van der Waals surface area contributed by atoms with E-state index in [4.69, 9.17) is 0 Å². The smallest absolute Gasteiger partial charge is 0.0698 e. The summed E-state index contributed by atoms with van der Waals surface area (Å²) < 4.78 is 0.503. The summed E-state index contributed by atoms with van der Waals surface area (Å²) in [6.07, 6.45) is 4.99. The fraction of sp³-hybridized carbons (Fsp3) is 0.667. The highest BCUT2D eigenvalue weighted by molar-refractivity contribution is 9.84. The summed E-state index contributed by atoms with van der Waals surface area (Å²) in [5, 5.41) is 9.70. The zero-order chi connectivity index (χ0) is 19.0. The average molecular weight is 505 g/mol. The Labute approximate surface area is 187 Å². The summed E-state index contributed by atoms with van der Waals surface area (Å²) in [4.78, 5) is 0. The molecule has 8 heteroatoms. The maximum Gasteiger partial charge on any atom is 0.0698 e. The highest BCUT2D eigenvalue weighted by Gasteiger charge is 2.66. The third-order valence-corrected chi connectivity index (χ3v) is 38.5. The monoisotopic (exact) mass is 504 g/mol. The van der Waals surface area contributed by atoms with Gasteiger partial charge in [-0.2, -0.15) is 0 Å². The lowest BCUT2D eigenvalue weighted by molar-refractivity contribution is 1.11. The fourth-order valence-corrected chi connectivity index (χ4v) is 40.7. The van der Waals surface area contributed by atoms with Crippen molar-refractivity contribution < 1.29 is 0 Å². The van der Waals surface area contributed by atoms with Gasteiger partial charge in [0.1, 0.15) is 0 Å². The van der Waals surface area contributed by atoms with Crippen molar-refractivity contribution in [2.45, 2.75) is 53.4 Å². The van der Waals surface area contributed by atoms with Crippen LogP contribution in [0.2, 0.25) is 0 Å². The van der Waals surface area contributed by atoms with Crippen LogP contribution >= 0.6 is 82.9 Å². The van der Waals surface area contributed by atoms with E-state index >= 15 is 0 Å². The predicted molar refractivity (Wildman–Crippen MR) is 147 cm³/mol. The zero-order valence-corrected chi connectivity index (χ0v) is 22.8. The van der Waals surface area contributed by atoms with E-state index in [0.29, 0.717) is 0 Å². The molecule has 152 valence electrons. The second-order valence-corrected chi connectivity index (χ2v) is 32.0. The third kappa shape index (κ3) is 4.52. The van der Waals surface area contributed by atoms with Crippen molar-refractivity contribution in [3.8, 4) is 0 Å². The molecular weight excluding hydrogens is 473 g/mol. The van der Waals surface area contributed by atoms with Gasteiger partial charge in [-0.05, 0) is 47.3 Å². The molecule has 0 nitrogen and oxygen atoms in total. The first-order valence-electron chi connectivity index (χ1n) is 9.33. The van der Waals surface area contributed by atoms with E-state index in [2.05, 4.69) is 92.5 Å². The van der Waals surface area contributed by atoms with Crippen molar-refractivity contribution in [3.05, 3.63) is 30.1 Å². The van der Waals surface area contributed by atoms with Crippen LogP contribution in [-0.4, -0.2) is 23.0 Å². The first kappa shape index (κ1) is 24.3. The van der Waals surface area contributed by atoms with Crippen molar-refractivity contribution in [3.63, 3.8) is 0 Å². The molecule has 2 aliphatic heterocycles. The molecule has 0 aromatic heterocycles. The fourth-order valence-electron chi connectivity index (χ4n) is 2.59. The largest absolute Gasteiger partial charge is 0.0948 e. The molecule has 0 saturated heterocycles. The number of rotatable bonds is 12. The molecule has 0 aliphatic carbocycles. The van der Waals surface area contributed by atoms with Crippen LogP contribution in [0, 0.1) is 0 Å². The number of hydrogen-bond donors (Lipinski definition) is 0. The van der Waals surface area contributed by atoms with Crippen molar-refractivity contribution in [2.24, 2.45) is 0 Å². The van der Waals surface area contributed by atoms with Gasteiger partial charge in [-0.15, -0.1) is 0 Å². The Morgan fingerprint density at radius 3 is 1.46 bits per heavy atom. The van der Waals surface area contributed by atoms with Gasteiger partial charge in [0.25, 0.3) is 0 Å². The summed E-state index contributed by atoms with van der Waals surface area (Å²) in [5.41, 5.74) is 0. The summed E-state index contributed by atoms with van der Waals surface area (Å²) in [6.45, 7) is 9.36. The van der Waals surface area contributed by atoms with Crippen LogP contribution < -0.4 is 0 Å². The maximum atomic E-state index is 2.72. The Hall–Kier alpha value is 2.02. The van der Waals surface area contributed by atoms with Crippen molar-refractivity contribution >= 4 is 82.9 Å². The summed E-state index contributed by atoms with van der Waals surface area (Å²) in [6, 6.07) is 0. The van der Waals surface area contributed by atoms with Crippen molar-refractivity contribution in [1.82, 2.24) is 0 Å². The van der Waals surface area contributed by atoms with E-state index in [1.54, 1.807) is 8.47 Å². The second-order valence-electron chi connectivity index (χ2n) is 6.01. The van der Waals surface area contributed by atoms with E-state index in [0.717, 1.165) is 0 Å². The topological polar surface area (TPSA) is 0 Å². The molecule has 0 fully saturated rings. The first-order valence-corrected chi connectivity index (χ1v) is 20.5. The molecular formula is C18H32S8. The molecule has 2 rings (SSSR count). The Bertz CT molecular complexity index is 520. The molecule has 0 bridgehead atoms. The van der Waals surface area contributed by atoms with Gasteiger partial charge >= 0.3 is 0 Å². The van der Waals surface area contributed by atoms with Crippen LogP contribution in [0.5, 0.6) is 0 Å². The van der Waals surface area contributed by atoms with Crippen LogP contribution in [0.15, 0.2) is 30.1 Å². The van der Waals surface area contributed by atoms with Crippen molar-refractivity contribution in [2.75, 3.05) is 23.0 Å². The molecule has 0 aromatic rings. The van der Waals surface area contributed by atoms with Crippen molar-refractivity contribution in [1.29, 1.82) is 0 Å². The predicted octanol–water partition coefficient (Wildman–Crippen LogP) is 10.4. The quantitative estimate of drug-likeness (QED) is 0.239. The van der Waals surface area contributed by atoms with Gasteiger partial charge in [-0.25, -0.2) is 0 Å². The third-order valence-electron chi connectivity index (χ3n) is 3.74. The Morgan fingerprint density at radius 1 is 0.654 bits per heavy atom. The normalized spacial score (nSPS) is 25.1. The summed E-state index contributed by atoms with van der Waals surface area (Å²) >= 11 is 5.93. The molecule has 0 spiro atoms. The first-order chi connectivity index (χ1) is 12.6. The Balaban J connectivity index is 2.72. The van der Waals surface area contributed by atoms with E-state index in [1.807, 2.05) is 35.3 Å². The molecule has 0 N–H and O–H groups in total. The minimum atomic E-state index is -2.73. The lowest BCUT2D eigenvalue weighted by Gasteiger charge is -2.73. The van der Waals surface area contributed by atoms with Gasteiger partial charge < -0.3 is 0 Å². The SMILES string of the molecule is CCCSS1(SCCC)(SCCC)(SCCC)C=CSC1=C1SC=CS1. The highest BCUT2D eigenvalue weighted by Crippen LogP contribution is 3.23. The van der Waals surface area contributed by atoms with Gasteiger partial charge in [0, 0.05) is 23.0 Å². The number of hydrogen-bond acceptors (Lipinski definition) is 7. The maximum absolute atomic E-state index is 2.73. The van der Waals surface area contributed by atoms with Gasteiger partial charge in [0.2, 0.25) is 0 Å². The highest BCUT2D eigenvalue weighted by atomic mass is 34.1. The summed E-state index contributed by atoms with van der Waals surface area (Å²) in [7, 11) is 9.31. The zero-order valence-electron chi connectivity index (χ0n) is 16.2. The van der Waals surface area contributed by atoms with Crippen LogP contribution in [-0.2, 0) is 0 Å². The molecule has 2 aliphatic rings. The molecule has 2 heterocycles. The van der Waals surface area contributed by atoms with E-state index in [1.165, 1.54) is 48.7 Å². The van der Waals surface area contributed by atoms with Crippen LogP contribution in [0.25, 0.3) is 0 Å². The van der Waals surface area contributed by atoms with Gasteiger partial charge in [-0.1, -0.05) is 111 Å².